The monoisotopic (exact) mass is 338 g/mol. The summed E-state index contributed by atoms with van der Waals surface area (Å²) in [5, 5.41) is 2.95. The van der Waals surface area contributed by atoms with Crippen LogP contribution in [0.4, 0.5) is 5.82 Å². The van der Waals surface area contributed by atoms with Crippen molar-refractivity contribution in [3.63, 3.8) is 0 Å². The van der Waals surface area contributed by atoms with Crippen LogP contribution in [0, 0.1) is 6.92 Å². The van der Waals surface area contributed by atoms with Gasteiger partial charge in [0, 0.05) is 31.3 Å². The van der Waals surface area contributed by atoms with Crippen LogP contribution in [0.3, 0.4) is 0 Å². The summed E-state index contributed by atoms with van der Waals surface area (Å²) < 4.78 is 0. The molecule has 0 saturated carbocycles. The minimum Gasteiger partial charge on any atom is -0.357 e. The SMILES string of the molecule is Cc1cc(N2CCCC2)nc(CNC(=O)CCCc2ccccc2)n1. The molecule has 3 rings (SSSR count). The van der Waals surface area contributed by atoms with E-state index < -0.39 is 0 Å². The van der Waals surface area contributed by atoms with Crippen LogP contribution in [0.2, 0.25) is 0 Å². The van der Waals surface area contributed by atoms with E-state index in [2.05, 4.69) is 32.3 Å². The Morgan fingerprint density at radius 1 is 1.16 bits per heavy atom. The van der Waals surface area contributed by atoms with Crippen molar-refractivity contribution in [3.8, 4) is 0 Å². The molecule has 1 amide bonds. The van der Waals surface area contributed by atoms with Crippen LogP contribution in [0.5, 0.6) is 0 Å². The fourth-order valence-corrected chi connectivity index (χ4v) is 3.16. The van der Waals surface area contributed by atoms with Gasteiger partial charge in [-0.1, -0.05) is 30.3 Å². The summed E-state index contributed by atoms with van der Waals surface area (Å²) in [4.78, 5) is 23.4. The van der Waals surface area contributed by atoms with E-state index in [0.29, 0.717) is 18.8 Å². The van der Waals surface area contributed by atoms with Gasteiger partial charge in [-0.3, -0.25) is 4.79 Å². The average Bonchev–Trinajstić information content (AvgIpc) is 3.15. The highest BCUT2D eigenvalue weighted by Gasteiger charge is 2.15. The number of nitrogens with zero attached hydrogens (tertiary/aromatic N) is 3. The van der Waals surface area contributed by atoms with Crippen molar-refractivity contribution in [2.75, 3.05) is 18.0 Å². The van der Waals surface area contributed by atoms with Crippen LogP contribution in [0.25, 0.3) is 0 Å². The minimum absolute atomic E-state index is 0.0590. The number of carbonyl (C=O) groups is 1. The Bertz CT molecular complexity index is 696. The first-order chi connectivity index (χ1) is 12.2. The van der Waals surface area contributed by atoms with E-state index >= 15 is 0 Å². The summed E-state index contributed by atoms with van der Waals surface area (Å²) in [5.74, 6) is 1.74. The number of carbonyl (C=O) groups excluding carboxylic acids is 1. The molecule has 0 spiro atoms. The smallest absolute Gasteiger partial charge is 0.220 e. The van der Waals surface area contributed by atoms with Gasteiger partial charge in [0.15, 0.2) is 0 Å². The van der Waals surface area contributed by atoms with E-state index in [-0.39, 0.29) is 5.91 Å². The van der Waals surface area contributed by atoms with Gasteiger partial charge in [0.2, 0.25) is 5.91 Å². The first kappa shape index (κ1) is 17.4. The van der Waals surface area contributed by atoms with Crippen molar-refractivity contribution in [2.24, 2.45) is 0 Å². The summed E-state index contributed by atoms with van der Waals surface area (Å²) in [6.07, 6.45) is 4.74. The van der Waals surface area contributed by atoms with E-state index in [1.165, 1.54) is 18.4 Å². The zero-order valence-corrected chi connectivity index (χ0v) is 14.9. The molecule has 1 aliphatic rings. The normalized spacial score (nSPS) is 13.9. The van der Waals surface area contributed by atoms with E-state index in [4.69, 9.17) is 0 Å². The first-order valence-corrected chi connectivity index (χ1v) is 9.11. The topological polar surface area (TPSA) is 58.1 Å². The predicted octanol–water partition coefficient (Wildman–Crippen LogP) is 3.02. The van der Waals surface area contributed by atoms with Gasteiger partial charge in [0.1, 0.15) is 11.6 Å². The van der Waals surface area contributed by atoms with Crippen molar-refractivity contribution in [1.82, 2.24) is 15.3 Å². The predicted molar refractivity (Wildman–Crippen MR) is 99.4 cm³/mol. The van der Waals surface area contributed by atoms with E-state index in [0.717, 1.165) is 37.4 Å². The number of nitrogens with one attached hydrogen (secondary N) is 1. The lowest BCUT2D eigenvalue weighted by molar-refractivity contribution is -0.121. The first-order valence-electron chi connectivity index (χ1n) is 9.11. The van der Waals surface area contributed by atoms with Crippen LogP contribution in [-0.4, -0.2) is 29.0 Å². The lowest BCUT2D eigenvalue weighted by Crippen LogP contribution is -2.25. The van der Waals surface area contributed by atoms with Gasteiger partial charge in [-0.25, -0.2) is 9.97 Å². The van der Waals surface area contributed by atoms with Crippen molar-refractivity contribution in [1.29, 1.82) is 0 Å². The molecule has 1 N–H and O–H groups in total. The third kappa shape index (κ3) is 5.28. The highest BCUT2D eigenvalue weighted by Crippen LogP contribution is 2.18. The minimum atomic E-state index is 0.0590. The molecular formula is C20H26N4O. The Kier molecular flexibility index (Phi) is 5.99. The molecule has 1 aliphatic heterocycles. The van der Waals surface area contributed by atoms with E-state index in [1.54, 1.807) is 0 Å². The van der Waals surface area contributed by atoms with Gasteiger partial charge in [-0.05, 0) is 38.2 Å². The molecule has 0 aliphatic carbocycles. The number of aryl methyl sites for hydroxylation is 2. The van der Waals surface area contributed by atoms with Crippen LogP contribution >= 0.6 is 0 Å². The van der Waals surface area contributed by atoms with Gasteiger partial charge in [-0.2, -0.15) is 0 Å². The lowest BCUT2D eigenvalue weighted by Gasteiger charge is -2.17. The number of rotatable bonds is 7. The van der Waals surface area contributed by atoms with Crippen LogP contribution in [0.1, 0.15) is 42.8 Å². The van der Waals surface area contributed by atoms with Crippen molar-refractivity contribution in [3.05, 3.63) is 53.5 Å². The summed E-state index contributed by atoms with van der Waals surface area (Å²) in [6.45, 7) is 4.49. The molecule has 0 unspecified atom stereocenters. The Morgan fingerprint density at radius 2 is 1.92 bits per heavy atom. The fourth-order valence-electron chi connectivity index (χ4n) is 3.16. The zero-order chi connectivity index (χ0) is 17.5. The molecule has 5 nitrogen and oxygen atoms in total. The lowest BCUT2D eigenvalue weighted by atomic mass is 10.1. The van der Waals surface area contributed by atoms with Gasteiger partial charge in [0.25, 0.3) is 0 Å². The van der Waals surface area contributed by atoms with Crippen molar-refractivity contribution < 1.29 is 4.79 Å². The molecule has 1 saturated heterocycles. The highest BCUT2D eigenvalue weighted by molar-refractivity contribution is 5.75. The summed E-state index contributed by atoms with van der Waals surface area (Å²) in [7, 11) is 0. The highest BCUT2D eigenvalue weighted by atomic mass is 16.1. The van der Waals surface area contributed by atoms with Crippen molar-refractivity contribution >= 4 is 11.7 Å². The fraction of sp³-hybridized carbons (Fsp3) is 0.450. The second-order valence-electron chi connectivity index (χ2n) is 6.59. The van der Waals surface area contributed by atoms with Crippen LogP contribution in [-0.2, 0) is 17.8 Å². The summed E-state index contributed by atoms with van der Waals surface area (Å²) in [6, 6.07) is 12.3. The van der Waals surface area contributed by atoms with Crippen molar-refractivity contribution in [2.45, 2.75) is 45.6 Å². The molecule has 0 radical (unpaired) electrons. The van der Waals surface area contributed by atoms with Gasteiger partial charge in [-0.15, -0.1) is 0 Å². The largest absolute Gasteiger partial charge is 0.357 e. The molecule has 1 aromatic heterocycles. The Labute approximate surface area is 149 Å². The Morgan fingerprint density at radius 3 is 2.68 bits per heavy atom. The third-order valence-electron chi connectivity index (χ3n) is 4.47. The maximum atomic E-state index is 12.1. The molecule has 132 valence electrons. The second kappa shape index (κ2) is 8.60. The quantitative estimate of drug-likeness (QED) is 0.843. The molecule has 1 fully saturated rings. The third-order valence-corrected chi connectivity index (χ3v) is 4.47. The van der Waals surface area contributed by atoms with Gasteiger partial charge >= 0.3 is 0 Å². The number of aromatic nitrogens is 2. The molecule has 5 heteroatoms. The van der Waals surface area contributed by atoms with Gasteiger partial charge < -0.3 is 10.2 Å². The Hall–Kier alpha value is -2.43. The number of amides is 1. The summed E-state index contributed by atoms with van der Waals surface area (Å²) in [5.41, 5.74) is 2.22. The number of anilines is 1. The molecule has 0 bridgehead atoms. The van der Waals surface area contributed by atoms with E-state index in [1.807, 2.05) is 31.2 Å². The zero-order valence-electron chi connectivity index (χ0n) is 14.9. The standard InChI is InChI=1S/C20H26N4O/c1-16-14-19(24-12-5-6-13-24)23-18(22-16)15-21-20(25)11-7-10-17-8-3-2-4-9-17/h2-4,8-9,14H,5-7,10-13,15H2,1H3,(H,21,25). The molecule has 2 heterocycles. The molecule has 25 heavy (non-hydrogen) atoms. The average molecular weight is 338 g/mol. The second-order valence-corrected chi connectivity index (χ2v) is 6.59. The summed E-state index contributed by atoms with van der Waals surface area (Å²) >= 11 is 0. The molecule has 1 aromatic carbocycles. The van der Waals surface area contributed by atoms with Crippen LogP contribution < -0.4 is 10.2 Å². The van der Waals surface area contributed by atoms with E-state index in [9.17, 15) is 4.79 Å². The maximum Gasteiger partial charge on any atom is 0.220 e. The molecule has 0 atom stereocenters. The maximum absolute atomic E-state index is 12.1. The molecular weight excluding hydrogens is 312 g/mol. The number of hydrogen-bond donors (Lipinski definition) is 1. The van der Waals surface area contributed by atoms with Crippen LogP contribution in [0.15, 0.2) is 36.4 Å². The van der Waals surface area contributed by atoms with Gasteiger partial charge in [0.05, 0.1) is 6.54 Å². The number of hydrogen-bond acceptors (Lipinski definition) is 4. The number of benzene rings is 1. The molecule has 2 aromatic rings. The Balaban J connectivity index is 1.46.